The third-order valence-corrected chi connectivity index (χ3v) is 12.8. The lowest BCUT2D eigenvalue weighted by molar-refractivity contribution is -0.139. The molecule has 3 saturated heterocycles. The van der Waals surface area contributed by atoms with Crippen LogP contribution in [-0.4, -0.2) is 117 Å². The van der Waals surface area contributed by atoms with Crippen molar-refractivity contribution in [2.45, 2.75) is 83.7 Å². The number of pyridine rings is 2. The van der Waals surface area contributed by atoms with Crippen LogP contribution in [0.4, 0.5) is 0 Å². The zero-order chi connectivity index (χ0) is 44.9. The van der Waals surface area contributed by atoms with Crippen LogP contribution in [0.3, 0.4) is 0 Å². The van der Waals surface area contributed by atoms with Crippen molar-refractivity contribution in [3.8, 4) is 22.5 Å². The van der Waals surface area contributed by atoms with Gasteiger partial charge in [0.15, 0.2) is 6.29 Å². The molecule has 0 bridgehead atoms. The van der Waals surface area contributed by atoms with E-state index in [0.29, 0.717) is 49.8 Å². The van der Waals surface area contributed by atoms with E-state index in [0.717, 1.165) is 120 Å². The highest BCUT2D eigenvalue weighted by Gasteiger charge is 2.34. The molecule has 5 aromatic rings. The van der Waals surface area contributed by atoms with E-state index in [1.54, 1.807) is 19.2 Å². The molecule has 64 heavy (non-hydrogen) atoms. The predicted molar refractivity (Wildman–Crippen MR) is 240 cm³/mol. The number of aldehydes is 1. The normalized spacial score (nSPS) is 19.1. The van der Waals surface area contributed by atoms with Gasteiger partial charge in [-0.15, -0.1) is 0 Å². The molecule has 3 aromatic heterocycles. The molecule has 0 radical (unpaired) electrons. The number of carbonyl (C=O) groups excluding carboxylic acids is 5. The molecule has 15 heteroatoms. The Morgan fingerprint density at radius 1 is 1.00 bits per heavy atom. The summed E-state index contributed by atoms with van der Waals surface area (Å²) in [5, 5.41) is 4.35. The number of rotatable bonds is 11. The van der Waals surface area contributed by atoms with Crippen LogP contribution in [0.5, 0.6) is 0 Å². The maximum absolute atomic E-state index is 12.2. The Hall–Kier alpha value is -6.42. The molecule has 332 valence electrons. The molecule has 7 heterocycles. The highest BCUT2D eigenvalue weighted by molar-refractivity contribution is 6.02. The minimum absolute atomic E-state index is 0.0828. The van der Waals surface area contributed by atoms with E-state index in [-0.39, 0.29) is 24.3 Å². The highest BCUT2D eigenvalue weighted by Crippen LogP contribution is 2.38. The summed E-state index contributed by atoms with van der Waals surface area (Å²) in [4.78, 5) is 78.1. The number of fused-ring (bicyclic) bond motifs is 2. The van der Waals surface area contributed by atoms with Gasteiger partial charge in [0.25, 0.3) is 0 Å². The number of benzene rings is 2. The van der Waals surface area contributed by atoms with E-state index in [2.05, 4.69) is 45.5 Å². The Labute approximate surface area is 372 Å². The second kappa shape index (κ2) is 19.5. The van der Waals surface area contributed by atoms with Crippen LogP contribution in [0.25, 0.3) is 39.0 Å². The van der Waals surface area contributed by atoms with Gasteiger partial charge < -0.3 is 28.7 Å². The molecule has 15 nitrogen and oxygen atoms in total. The number of aromatic nitrogens is 4. The predicted octanol–water partition coefficient (Wildman–Crippen LogP) is 5.68. The fourth-order valence-corrected chi connectivity index (χ4v) is 9.11. The first kappa shape index (κ1) is 44.2. The van der Waals surface area contributed by atoms with Gasteiger partial charge in [-0.3, -0.25) is 39.3 Å². The Balaban J connectivity index is 0.000000181. The number of likely N-dealkylation sites (tertiary alicyclic amines) is 1. The number of ether oxygens (including phenoxy) is 2. The molecule has 3 fully saturated rings. The van der Waals surface area contributed by atoms with Gasteiger partial charge in [-0.1, -0.05) is 43.0 Å². The number of nitrogens with one attached hydrogen (secondary N) is 1. The topological polar surface area (TPSA) is 169 Å². The standard InChI is InChI=1S/C28H27N5O3.C21H27N3O4/c1-18(35)32-9-10-33-26(16-32)27(31-28(33)19-7-11-36-12-8-19)23-4-2-3-20-13-25(30-15-24(20)23)21-5-6-22(17-34)29-14-21;1-14-16(12-28-17-9-10-23(3)11-17)5-4-6-18(14)15(2)24(13-25)19-7-8-20(26)22-21(19)27/h2-6,13-15,17,19H,7-12,16H2,1H3;4-6,13,17,19H,2,7-12H2,1,3H3,(H,22,26,27). The Morgan fingerprint density at radius 2 is 1.81 bits per heavy atom. The fraction of sp³-hybridized carbons (Fsp3) is 0.388. The van der Waals surface area contributed by atoms with Crippen LogP contribution in [0.15, 0.2) is 73.6 Å². The number of piperidine rings is 1. The average Bonchev–Trinajstić information content (AvgIpc) is 3.92. The Bertz CT molecular complexity index is 2580. The van der Waals surface area contributed by atoms with Gasteiger partial charge in [0.05, 0.1) is 36.3 Å². The van der Waals surface area contributed by atoms with Crippen molar-refractivity contribution >= 4 is 46.9 Å². The van der Waals surface area contributed by atoms with Crippen molar-refractivity contribution in [1.29, 1.82) is 0 Å². The molecule has 0 spiro atoms. The lowest BCUT2D eigenvalue weighted by atomic mass is 9.98. The summed E-state index contributed by atoms with van der Waals surface area (Å²) in [6, 6.07) is 16.9. The molecule has 4 amide bonds. The third kappa shape index (κ3) is 9.42. The Kier molecular flexibility index (Phi) is 13.5. The lowest BCUT2D eigenvalue weighted by Gasteiger charge is -2.32. The molecular weight excluding hydrogens is 813 g/mol. The van der Waals surface area contributed by atoms with Gasteiger partial charge in [0, 0.05) is 98.8 Å². The van der Waals surface area contributed by atoms with Crippen molar-refractivity contribution < 1.29 is 33.4 Å². The van der Waals surface area contributed by atoms with E-state index in [1.807, 2.05) is 54.4 Å². The molecule has 4 aliphatic rings. The molecule has 0 aliphatic carbocycles. The van der Waals surface area contributed by atoms with Crippen LogP contribution in [-0.2, 0) is 48.3 Å². The van der Waals surface area contributed by atoms with Gasteiger partial charge in [0.2, 0.25) is 24.1 Å². The number of hydrogen-bond acceptors (Lipinski definition) is 11. The summed E-state index contributed by atoms with van der Waals surface area (Å²) >= 11 is 0. The average molecular weight is 867 g/mol. The minimum atomic E-state index is -0.726. The molecule has 4 aliphatic heterocycles. The summed E-state index contributed by atoms with van der Waals surface area (Å²) in [6.45, 7) is 13.6. The molecule has 2 unspecified atom stereocenters. The first-order chi connectivity index (χ1) is 31.0. The van der Waals surface area contributed by atoms with Crippen molar-refractivity contribution in [1.82, 2.24) is 39.5 Å². The van der Waals surface area contributed by atoms with Crippen LogP contribution < -0.4 is 5.32 Å². The zero-order valence-electron chi connectivity index (χ0n) is 36.6. The fourth-order valence-electron chi connectivity index (χ4n) is 9.11. The van der Waals surface area contributed by atoms with E-state index in [4.69, 9.17) is 19.4 Å². The van der Waals surface area contributed by atoms with Crippen LogP contribution >= 0.6 is 0 Å². The van der Waals surface area contributed by atoms with E-state index >= 15 is 0 Å². The number of imide groups is 1. The van der Waals surface area contributed by atoms with Gasteiger partial charge in [-0.2, -0.15) is 0 Å². The van der Waals surface area contributed by atoms with Crippen molar-refractivity contribution in [2.75, 3.05) is 39.9 Å². The number of hydrogen-bond donors (Lipinski definition) is 1. The molecule has 9 rings (SSSR count). The summed E-state index contributed by atoms with van der Waals surface area (Å²) < 4.78 is 14.0. The Morgan fingerprint density at radius 3 is 2.52 bits per heavy atom. The summed E-state index contributed by atoms with van der Waals surface area (Å²) in [7, 11) is 2.09. The van der Waals surface area contributed by atoms with E-state index in [1.165, 1.54) is 4.90 Å². The summed E-state index contributed by atoms with van der Waals surface area (Å²) in [5.74, 6) is 0.767. The quantitative estimate of drug-likeness (QED) is 0.128. The number of imidazole rings is 1. The number of amides is 4. The molecule has 2 aromatic carbocycles. The van der Waals surface area contributed by atoms with Crippen LogP contribution in [0, 0.1) is 6.92 Å². The number of likely N-dealkylation sites (N-methyl/N-ethyl adjacent to an activating group) is 1. The van der Waals surface area contributed by atoms with Crippen molar-refractivity contribution in [3.05, 3.63) is 107 Å². The molecule has 0 saturated carbocycles. The first-order valence-corrected chi connectivity index (χ1v) is 21.9. The maximum Gasteiger partial charge on any atom is 0.249 e. The second-order valence-corrected chi connectivity index (χ2v) is 16.9. The molecule has 2 atom stereocenters. The SMILES string of the molecule is C=C(c1cccc(COC2CCN(C)C2)c1C)N(C=O)C1CCC(=O)NC1=O.CC(=O)N1CCn2c(C3CCOCC3)nc(-c3cccc4cc(-c5ccc(C=O)nc5)ncc34)c2C1. The van der Waals surface area contributed by atoms with Gasteiger partial charge in [-0.05, 0) is 74.4 Å². The van der Waals surface area contributed by atoms with Gasteiger partial charge in [-0.25, -0.2) is 4.98 Å². The van der Waals surface area contributed by atoms with E-state index < -0.39 is 11.9 Å². The van der Waals surface area contributed by atoms with E-state index in [9.17, 15) is 24.0 Å². The van der Waals surface area contributed by atoms with Gasteiger partial charge >= 0.3 is 0 Å². The maximum atomic E-state index is 12.2. The number of carbonyl (C=O) groups is 5. The number of nitrogens with zero attached hydrogens (tertiary/aromatic N) is 7. The second-order valence-electron chi connectivity index (χ2n) is 16.9. The monoisotopic (exact) mass is 866 g/mol. The summed E-state index contributed by atoms with van der Waals surface area (Å²) in [5.41, 5.74) is 8.32. The van der Waals surface area contributed by atoms with Crippen molar-refractivity contribution in [3.63, 3.8) is 0 Å². The smallest absolute Gasteiger partial charge is 0.249 e. The zero-order valence-corrected chi connectivity index (χ0v) is 36.6. The third-order valence-electron chi connectivity index (χ3n) is 12.8. The summed E-state index contributed by atoms with van der Waals surface area (Å²) in [6.07, 6.45) is 8.57. The van der Waals surface area contributed by atoms with Crippen molar-refractivity contribution in [2.24, 2.45) is 0 Å². The van der Waals surface area contributed by atoms with Crippen LogP contribution in [0.2, 0.25) is 0 Å². The minimum Gasteiger partial charge on any atom is -0.381 e. The highest BCUT2D eigenvalue weighted by atomic mass is 16.5. The molecular formula is C49H54N8O7. The first-order valence-electron chi connectivity index (χ1n) is 21.9. The largest absolute Gasteiger partial charge is 0.381 e. The lowest BCUT2D eigenvalue weighted by Crippen LogP contribution is -2.51. The van der Waals surface area contributed by atoms with Crippen LogP contribution in [0.1, 0.15) is 83.6 Å². The van der Waals surface area contributed by atoms with Gasteiger partial charge in [0.1, 0.15) is 17.6 Å². The molecule has 1 N–H and O–H groups in total.